The van der Waals surface area contributed by atoms with E-state index in [9.17, 15) is 4.79 Å². The van der Waals surface area contributed by atoms with Crippen LogP contribution in [0.25, 0.3) is 0 Å². The Labute approximate surface area is 138 Å². The number of nitriles is 1. The SMILES string of the molecule is CCOC(=O)c1csc(C2CCCN2c2cccc(C#N)n2)n1. The number of pyridine rings is 1. The van der Waals surface area contributed by atoms with Crippen LogP contribution in [-0.4, -0.2) is 29.1 Å². The fourth-order valence-corrected chi connectivity index (χ4v) is 3.62. The van der Waals surface area contributed by atoms with E-state index in [0.717, 1.165) is 30.2 Å². The molecule has 0 saturated carbocycles. The van der Waals surface area contributed by atoms with Crippen LogP contribution >= 0.6 is 11.3 Å². The van der Waals surface area contributed by atoms with Crippen LogP contribution in [0, 0.1) is 11.3 Å². The van der Waals surface area contributed by atoms with Crippen molar-refractivity contribution in [3.63, 3.8) is 0 Å². The first-order chi connectivity index (χ1) is 11.2. The summed E-state index contributed by atoms with van der Waals surface area (Å²) in [5.41, 5.74) is 0.761. The number of hydrogen-bond acceptors (Lipinski definition) is 7. The minimum atomic E-state index is -0.385. The van der Waals surface area contributed by atoms with Crippen LogP contribution in [0.15, 0.2) is 23.6 Å². The largest absolute Gasteiger partial charge is 0.461 e. The minimum Gasteiger partial charge on any atom is -0.461 e. The Morgan fingerprint density at radius 2 is 2.39 bits per heavy atom. The van der Waals surface area contributed by atoms with Crippen LogP contribution < -0.4 is 4.90 Å². The molecule has 1 unspecified atom stereocenters. The van der Waals surface area contributed by atoms with Crippen LogP contribution in [-0.2, 0) is 4.74 Å². The van der Waals surface area contributed by atoms with Gasteiger partial charge in [-0.2, -0.15) is 5.26 Å². The minimum absolute atomic E-state index is 0.0876. The fourth-order valence-electron chi connectivity index (χ4n) is 2.68. The monoisotopic (exact) mass is 328 g/mol. The second-order valence-electron chi connectivity index (χ2n) is 5.14. The van der Waals surface area contributed by atoms with Crippen molar-refractivity contribution in [2.75, 3.05) is 18.1 Å². The lowest BCUT2D eigenvalue weighted by atomic mass is 10.2. The maximum absolute atomic E-state index is 11.8. The number of rotatable bonds is 4. The first-order valence-corrected chi connectivity index (χ1v) is 8.37. The van der Waals surface area contributed by atoms with Gasteiger partial charge in [0, 0.05) is 11.9 Å². The van der Waals surface area contributed by atoms with Gasteiger partial charge in [0.25, 0.3) is 0 Å². The quantitative estimate of drug-likeness (QED) is 0.803. The zero-order valence-corrected chi connectivity index (χ0v) is 13.5. The number of esters is 1. The average molecular weight is 328 g/mol. The predicted octanol–water partition coefficient (Wildman–Crippen LogP) is 2.93. The Morgan fingerprint density at radius 1 is 1.52 bits per heavy atom. The second kappa shape index (κ2) is 6.75. The lowest BCUT2D eigenvalue weighted by molar-refractivity contribution is 0.0520. The van der Waals surface area contributed by atoms with Crippen molar-refractivity contribution >= 4 is 23.1 Å². The number of nitrogens with zero attached hydrogens (tertiary/aromatic N) is 4. The zero-order valence-electron chi connectivity index (χ0n) is 12.7. The molecule has 3 rings (SSSR count). The van der Waals surface area contributed by atoms with E-state index in [1.807, 2.05) is 12.1 Å². The summed E-state index contributed by atoms with van der Waals surface area (Å²) in [6.45, 7) is 2.98. The maximum atomic E-state index is 11.8. The standard InChI is InChI=1S/C16H16N4O2S/c1-2-22-16(21)12-10-23-15(19-12)13-6-4-8-20(13)14-7-3-5-11(9-17)18-14/h3,5,7,10,13H,2,4,6,8H2,1H3. The van der Waals surface area contributed by atoms with Gasteiger partial charge in [-0.05, 0) is 31.9 Å². The number of aromatic nitrogens is 2. The lowest BCUT2D eigenvalue weighted by Crippen LogP contribution is -2.23. The van der Waals surface area contributed by atoms with E-state index in [1.54, 1.807) is 18.4 Å². The molecule has 0 radical (unpaired) electrons. The van der Waals surface area contributed by atoms with Crippen LogP contribution in [0.1, 0.15) is 47.0 Å². The molecule has 2 aromatic heterocycles. The molecular formula is C16H16N4O2S. The van der Waals surface area contributed by atoms with Gasteiger partial charge in [-0.15, -0.1) is 11.3 Å². The Hall–Kier alpha value is -2.46. The highest BCUT2D eigenvalue weighted by Crippen LogP contribution is 2.36. The number of thiazole rings is 1. The molecule has 23 heavy (non-hydrogen) atoms. The van der Waals surface area contributed by atoms with E-state index in [0.29, 0.717) is 18.0 Å². The summed E-state index contributed by atoms with van der Waals surface area (Å²) in [6, 6.07) is 7.58. The summed E-state index contributed by atoms with van der Waals surface area (Å²) in [5.74, 6) is 0.392. The Morgan fingerprint density at radius 3 is 3.17 bits per heavy atom. The molecule has 0 amide bonds. The summed E-state index contributed by atoms with van der Waals surface area (Å²) in [5, 5.41) is 11.6. The summed E-state index contributed by atoms with van der Waals surface area (Å²) in [7, 11) is 0. The third-order valence-electron chi connectivity index (χ3n) is 3.69. The van der Waals surface area contributed by atoms with E-state index in [2.05, 4.69) is 20.9 Å². The van der Waals surface area contributed by atoms with Crippen molar-refractivity contribution in [1.82, 2.24) is 9.97 Å². The molecule has 3 heterocycles. The molecule has 0 bridgehead atoms. The molecule has 7 heteroatoms. The molecule has 0 N–H and O–H groups in total. The molecule has 1 saturated heterocycles. The highest BCUT2D eigenvalue weighted by Gasteiger charge is 2.30. The first-order valence-electron chi connectivity index (χ1n) is 7.49. The predicted molar refractivity (Wildman–Crippen MR) is 86.3 cm³/mol. The van der Waals surface area contributed by atoms with E-state index < -0.39 is 0 Å². The summed E-state index contributed by atoms with van der Waals surface area (Å²) >= 11 is 1.46. The molecule has 0 spiro atoms. The molecule has 1 aliphatic rings. The number of carbonyl (C=O) groups is 1. The number of ether oxygens (including phenoxy) is 1. The molecule has 1 fully saturated rings. The lowest BCUT2D eigenvalue weighted by Gasteiger charge is -2.24. The van der Waals surface area contributed by atoms with Gasteiger partial charge in [-0.25, -0.2) is 14.8 Å². The highest BCUT2D eigenvalue weighted by atomic mass is 32.1. The summed E-state index contributed by atoms with van der Waals surface area (Å²) in [4.78, 5) is 22.7. The van der Waals surface area contributed by atoms with E-state index in [-0.39, 0.29) is 12.0 Å². The van der Waals surface area contributed by atoms with E-state index >= 15 is 0 Å². The summed E-state index contributed by atoms with van der Waals surface area (Å²) in [6.07, 6.45) is 1.98. The van der Waals surface area contributed by atoms with Gasteiger partial charge < -0.3 is 9.64 Å². The molecule has 1 aliphatic heterocycles. The highest BCUT2D eigenvalue weighted by molar-refractivity contribution is 7.10. The number of carbonyl (C=O) groups excluding carboxylic acids is 1. The van der Waals surface area contributed by atoms with Gasteiger partial charge in [-0.3, -0.25) is 0 Å². The molecule has 1 atom stereocenters. The smallest absolute Gasteiger partial charge is 0.357 e. The molecular weight excluding hydrogens is 312 g/mol. The van der Waals surface area contributed by atoms with Crippen molar-refractivity contribution in [2.24, 2.45) is 0 Å². The van der Waals surface area contributed by atoms with Crippen LogP contribution in [0.3, 0.4) is 0 Å². The first kappa shape index (κ1) is 15.4. The molecule has 6 nitrogen and oxygen atoms in total. The van der Waals surface area contributed by atoms with Crippen LogP contribution in [0.5, 0.6) is 0 Å². The van der Waals surface area contributed by atoms with Crippen molar-refractivity contribution < 1.29 is 9.53 Å². The molecule has 0 aromatic carbocycles. The molecule has 118 valence electrons. The fraction of sp³-hybridized carbons (Fsp3) is 0.375. The van der Waals surface area contributed by atoms with E-state index in [4.69, 9.17) is 10.00 Å². The molecule has 0 aliphatic carbocycles. The van der Waals surface area contributed by atoms with Crippen molar-refractivity contribution in [1.29, 1.82) is 5.26 Å². The normalized spacial score (nSPS) is 17.0. The topological polar surface area (TPSA) is 79.1 Å². The van der Waals surface area contributed by atoms with Gasteiger partial charge in [-0.1, -0.05) is 6.07 Å². The van der Waals surface area contributed by atoms with Crippen molar-refractivity contribution in [3.05, 3.63) is 40.0 Å². The summed E-state index contributed by atoms with van der Waals surface area (Å²) < 4.78 is 4.99. The van der Waals surface area contributed by atoms with Gasteiger partial charge in [0.15, 0.2) is 5.69 Å². The van der Waals surface area contributed by atoms with Crippen LogP contribution in [0.4, 0.5) is 5.82 Å². The van der Waals surface area contributed by atoms with Gasteiger partial charge in [0.2, 0.25) is 0 Å². The van der Waals surface area contributed by atoms with Gasteiger partial charge >= 0.3 is 5.97 Å². The number of hydrogen-bond donors (Lipinski definition) is 0. The van der Waals surface area contributed by atoms with Crippen LogP contribution in [0.2, 0.25) is 0 Å². The van der Waals surface area contributed by atoms with Gasteiger partial charge in [0.1, 0.15) is 22.6 Å². The van der Waals surface area contributed by atoms with E-state index in [1.165, 1.54) is 11.3 Å². The number of anilines is 1. The Balaban J connectivity index is 1.84. The van der Waals surface area contributed by atoms with Crippen molar-refractivity contribution in [3.8, 4) is 6.07 Å². The average Bonchev–Trinajstić information content (AvgIpc) is 3.24. The molecule has 2 aromatic rings. The second-order valence-corrected chi connectivity index (χ2v) is 6.03. The van der Waals surface area contributed by atoms with Gasteiger partial charge in [0.05, 0.1) is 12.6 Å². The Kier molecular flexibility index (Phi) is 4.53. The third kappa shape index (κ3) is 3.17. The van der Waals surface area contributed by atoms with Crippen molar-refractivity contribution in [2.45, 2.75) is 25.8 Å². The third-order valence-corrected chi connectivity index (χ3v) is 4.63. The Bertz CT molecular complexity index is 753. The zero-order chi connectivity index (χ0) is 16.2. The maximum Gasteiger partial charge on any atom is 0.357 e.